The Hall–Kier alpha value is -2.82. The number of nitrogens with one attached hydrogen (secondary N) is 1. The van der Waals surface area contributed by atoms with Gasteiger partial charge in [-0.1, -0.05) is 17.7 Å². The molecular weight excluding hydrogens is 318 g/mol. The topological polar surface area (TPSA) is 64.6 Å². The highest BCUT2D eigenvalue weighted by Crippen LogP contribution is 2.19. The molecule has 0 aliphatic rings. The molecule has 25 heavy (non-hydrogen) atoms. The molecule has 0 heterocycles. The molecule has 0 saturated carbocycles. The zero-order valence-corrected chi connectivity index (χ0v) is 15.0. The molecule has 1 amide bonds. The molecule has 0 unspecified atom stereocenters. The Balaban J connectivity index is 2.01. The van der Waals surface area contributed by atoms with Crippen LogP contribution >= 0.6 is 0 Å². The molecule has 0 radical (unpaired) electrons. The first-order valence-corrected chi connectivity index (χ1v) is 8.22. The number of ether oxygens (including phenoxy) is 2. The van der Waals surface area contributed by atoms with Crippen LogP contribution < -0.4 is 10.1 Å². The second-order valence-electron chi connectivity index (χ2n) is 5.81. The summed E-state index contributed by atoms with van der Waals surface area (Å²) in [7, 11) is 0. The van der Waals surface area contributed by atoms with E-state index >= 15 is 0 Å². The minimum atomic E-state index is -0.646. The van der Waals surface area contributed by atoms with Crippen LogP contribution in [0.5, 0.6) is 5.75 Å². The molecule has 1 N–H and O–H groups in total. The molecule has 5 heteroatoms. The first kappa shape index (κ1) is 18.5. The largest absolute Gasteiger partial charge is 0.481 e. The molecule has 0 spiro atoms. The Morgan fingerprint density at radius 3 is 2.36 bits per heavy atom. The van der Waals surface area contributed by atoms with Crippen LogP contribution in [0.2, 0.25) is 0 Å². The normalized spacial score (nSPS) is 11.5. The minimum Gasteiger partial charge on any atom is -0.481 e. The van der Waals surface area contributed by atoms with Gasteiger partial charge in [0, 0.05) is 5.69 Å². The Bertz CT molecular complexity index is 753. The molecule has 0 fully saturated rings. The van der Waals surface area contributed by atoms with Crippen LogP contribution in [-0.2, 0) is 9.53 Å². The zero-order chi connectivity index (χ0) is 18.4. The summed E-state index contributed by atoms with van der Waals surface area (Å²) in [4.78, 5) is 24.1. The summed E-state index contributed by atoms with van der Waals surface area (Å²) >= 11 is 0. The van der Waals surface area contributed by atoms with Crippen molar-refractivity contribution in [1.82, 2.24) is 0 Å². The second kappa shape index (κ2) is 8.33. The molecule has 0 aromatic heterocycles. The van der Waals surface area contributed by atoms with Crippen molar-refractivity contribution >= 4 is 17.6 Å². The van der Waals surface area contributed by atoms with Gasteiger partial charge in [0.25, 0.3) is 5.91 Å². The van der Waals surface area contributed by atoms with E-state index in [2.05, 4.69) is 5.32 Å². The SMILES string of the molecule is CCOC(=O)c1ccc(NC(=O)[C@@H](C)Oc2ccc(C)cc2)c(C)c1. The zero-order valence-electron chi connectivity index (χ0n) is 15.0. The van der Waals surface area contributed by atoms with E-state index in [1.54, 1.807) is 32.0 Å². The monoisotopic (exact) mass is 341 g/mol. The van der Waals surface area contributed by atoms with Gasteiger partial charge in [-0.05, 0) is 63.6 Å². The van der Waals surface area contributed by atoms with Crippen LogP contribution in [0.3, 0.4) is 0 Å². The highest BCUT2D eigenvalue weighted by atomic mass is 16.5. The Morgan fingerprint density at radius 1 is 1.08 bits per heavy atom. The van der Waals surface area contributed by atoms with Crippen molar-refractivity contribution in [2.45, 2.75) is 33.8 Å². The Labute approximate surface area is 148 Å². The number of aryl methyl sites for hydroxylation is 2. The van der Waals surface area contributed by atoms with E-state index in [9.17, 15) is 9.59 Å². The standard InChI is InChI=1S/C20H23NO4/c1-5-24-20(23)16-8-11-18(14(3)12-16)21-19(22)15(4)25-17-9-6-13(2)7-10-17/h6-12,15H,5H2,1-4H3,(H,21,22)/t15-/m1/s1. The molecule has 1 atom stereocenters. The van der Waals surface area contributed by atoms with Crippen LogP contribution in [0.4, 0.5) is 5.69 Å². The molecule has 132 valence electrons. The minimum absolute atomic E-state index is 0.257. The van der Waals surface area contributed by atoms with Crippen molar-refractivity contribution in [3.05, 3.63) is 59.2 Å². The average molecular weight is 341 g/mol. The van der Waals surface area contributed by atoms with E-state index < -0.39 is 6.10 Å². The van der Waals surface area contributed by atoms with Gasteiger partial charge in [-0.2, -0.15) is 0 Å². The van der Waals surface area contributed by atoms with E-state index in [-0.39, 0.29) is 11.9 Å². The van der Waals surface area contributed by atoms with Crippen molar-refractivity contribution in [2.75, 3.05) is 11.9 Å². The van der Waals surface area contributed by atoms with Gasteiger partial charge in [0.15, 0.2) is 6.10 Å². The Morgan fingerprint density at radius 2 is 1.76 bits per heavy atom. The third kappa shape index (κ3) is 5.08. The number of rotatable bonds is 6. The number of amides is 1. The molecular formula is C20H23NO4. The summed E-state index contributed by atoms with van der Waals surface area (Å²) in [5.41, 5.74) is 3.00. The lowest BCUT2D eigenvalue weighted by molar-refractivity contribution is -0.122. The molecule has 0 aliphatic heterocycles. The maximum atomic E-state index is 12.3. The van der Waals surface area contributed by atoms with Gasteiger partial charge in [-0.15, -0.1) is 0 Å². The number of benzene rings is 2. The highest BCUT2D eigenvalue weighted by molar-refractivity contribution is 5.96. The van der Waals surface area contributed by atoms with Crippen LogP contribution in [-0.4, -0.2) is 24.6 Å². The first-order chi connectivity index (χ1) is 11.9. The summed E-state index contributed by atoms with van der Waals surface area (Å²) in [6.07, 6.45) is -0.646. The van der Waals surface area contributed by atoms with Crippen LogP contribution in [0.25, 0.3) is 0 Å². The van der Waals surface area contributed by atoms with Crippen LogP contribution in [0.15, 0.2) is 42.5 Å². The number of carbonyl (C=O) groups is 2. The summed E-state index contributed by atoms with van der Waals surface area (Å²) in [5, 5.41) is 2.82. The third-order valence-electron chi connectivity index (χ3n) is 3.70. The van der Waals surface area contributed by atoms with Gasteiger partial charge in [0.1, 0.15) is 5.75 Å². The summed E-state index contributed by atoms with van der Waals surface area (Å²) in [5.74, 6) is 0.00902. The number of hydrogen-bond donors (Lipinski definition) is 1. The van der Waals surface area contributed by atoms with Crippen molar-refractivity contribution in [2.24, 2.45) is 0 Å². The number of hydrogen-bond acceptors (Lipinski definition) is 4. The van der Waals surface area contributed by atoms with Gasteiger partial charge in [-0.25, -0.2) is 4.79 Å². The number of carbonyl (C=O) groups excluding carboxylic acids is 2. The van der Waals surface area contributed by atoms with E-state index in [1.165, 1.54) is 0 Å². The maximum Gasteiger partial charge on any atom is 0.338 e. The fourth-order valence-corrected chi connectivity index (χ4v) is 2.25. The molecule has 2 aromatic rings. The molecule has 5 nitrogen and oxygen atoms in total. The third-order valence-corrected chi connectivity index (χ3v) is 3.70. The lowest BCUT2D eigenvalue weighted by Gasteiger charge is -2.16. The number of esters is 1. The smallest absolute Gasteiger partial charge is 0.338 e. The lowest BCUT2D eigenvalue weighted by Crippen LogP contribution is -2.30. The predicted octanol–water partition coefficient (Wildman–Crippen LogP) is 3.89. The summed E-state index contributed by atoms with van der Waals surface area (Å²) < 4.78 is 10.6. The molecule has 2 aromatic carbocycles. The van der Waals surface area contributed by atoms with Gasteiger partial charge in [0.05, 0.1) is 12.2 Å². The Kier molecular flexibility index (Phi) is 6.17. The average Bonchev–Trinajstić information content (AvgIpc) is 2.58. The fourth-order valence-electron chi connectivity index (χ4n) is 2.25. The van der Waals surface area contributed by atoms with E-state index in [0.717, 1.165) is 11.1 Å². The van der Waals surface area contributed by atoms with Crippen molar-refractivity contribution < 1.29 is 19.1 Å². The van der Waals surface area contributed by atoms with E-state index in [0.29, 0.717) is 23.6 Å². The van der Waals surface area contributed by atoms with Crippen LogP contribution in [0.1, 0.15) is 35.3 Å². The van der Waals surface area contributed by atoms with Gasteiger partial charge in [-0.3, -0.25) is 4.79 Å². The van der Waals surface area contributed by atoms with E-state index in [1.807, 2.05) is 38.1 Å². The van der Waals surface area contributed by atoms with Crippen molar-refractivity contribution in [3.8, 4) is 5.75 Å². The predicted molar refractivity (Wildman–Crippen MR) is 97.0 cm³/mol. The molecule has 0 aliphatic carbocycles. The van der Waals surface area contributed by atoms with Gasteiger partial charge < -0.3 is 14.8 Å². The van der Waals surface area contributed by atoms with E-state index in [4.69, 9.17) is 9.47 Å². The molecule has 2 rings (SSSR count). The number of anilines is 1. The summed E-state index contributed by atoms with van der Waals surface area (Å²) in [6.45, 7) is 7.59. The quantitative estimate of drug-likeness (QED) is 0.810. The van der Waals surface area contributed by atoms with Gasteiger partial charge >= 0.3 is 5.97 Å². The van der Waals surface area contributed by atoms with Gasteiger partial charge in [0.2, 0.25) is 0 Å². The molecule has 0 saturated heterocycles. The molecule has 0 bridgehead atoms. The van der Waals surface area contributed by atoms with Crippen LogP contribution in [0, 0.1) is 13.8 Å². The summed E-state index contributed by atoms with van der Waals surface area (Å²) in [6, 6.07) is 12.5. The second-order valence-corrected chi connectivity index (χ2v) is 5.81. The van der Waals surface area contributed by atoms with Crippen molar-refractivity contribution in [3.63, 3.8) is 0 Å². The lowest BCUT2D eigenvalue weighted by atomic mass is 10.1. The fraction of sp³-hybridized carbons (Fsp3) is 0.300. The maximum absolute atomic E-state index is 12.3. The van der Waals surface area contributed by atoms with Crippen molar-refractivity contribution in [1.29, 1.82) is 0 Å². The highest BCUT2D eigenvalue weighted by Gasteiger charge is 2.16. The first-order valence-electron chi connectivity index (χ1n) is 8.22.